The highest BCUT2D eigenvalue weighted by atomic mass is 32.2. The third-order valence-electron chi connectivity index (χ3n) is 8.01. The van der Waals surface area contributed by atoms with E-state index in [-0.39, 0.29) is 28.7 Å². The van der Waals surface area contributed by atoms with Gasteiger partial charge in [0.15, 0.2) is 0 Å². The largest absolute Gasteiger partial charge is 0.480 e. The van der Waals surface area contributed by atoms with Crippen LogP contribution >= 0.6 is 0 Å². The van der Waals surface area contributed by atoms with Crippen LogP contribution in [-0.4, -0.2) is 65.7 Å². The molecule has 2 heterocycles. The average molecular weight is 605 g/mol. The van der Waals surface area contributed by atoms with Gasteiger partial charge in [0.05, 0.1) is 17.5 Å². The van der Waals surface area contributed by atoms with Crippen LogP contribution in [0.25, 0.3) is 22.0 Å². The van der Waals surface area contributed by atoms with Crippen molar-refractivity contribution in [2.24, 2.45) is 0 Å². The summed E-state index contributed by atoms with van der Waals surface area (Å²) < 4.78 is 34.1. The Morgan fingerprint density at radius 1 is 1.09 bits per heavy atom. The molecule has 3 N–H and O–H groups in total. The molecule has 1 aliphatic carbocycles. The topological polar surface area (TPSA) is 147 Å². The van der Waals surface area contributed by atoms with Gasteiger partial charge in [-0.3, -0.25) is 4.72 Å². The van der Waals surface area contributed by atoms with E-state index < -0.39 is 16.1 Å². The van der Waals surface area contributed by atoms with E-state index in [1.54, 1.807) is 56.6 Å². The number of ether oxygens (including phenoxy) is 1. The smallest absolute Gasteiger partial charge is 0.407 e. The highest BCUT2D eigenvalue weighted by molar-refractivity contribution is 7.92. The third-order valence-corrected chi connectivity index (χ3v) is 9.52. The maximum Gasteiger partial charge on any atom is 0.407 e. The van der Waals surface area contributed by atoms with E-state index in [1.807, 2.05) is 12.1 Å². The number of amides is 1. The zero-order valence-corrected chi connectivity index (χ0v) is 25.5. The van der Waals surface area contributed by atoms with Gasteiger partial charge >= 0.3 is 6.09 Å². The van der Waals surface area contributed by atoms with E-state index in [0.29, 0.717) is 17.1 Å². The zero-order valence-electron chi connectivity index (χ0n) is 24.7. The summed E-state index contributed by atoms with van der Waals surface area (Å²) in [6.07, 6.45) is 4.89. The molecule has 0 unspecified atom stereocenters. The number of aromatic nitrogens is 3. The molecule has 0 atom stereocenters. The van der Waals surface area contributed by atoms with Crippen LogP contribution < -0.4 is 14.8 Å². The van der Waals surface area contributed by atoms with Crippen molar-refractivity contribution in [2.45, 2.75) is 62.9 Å². The monoisotopic (exact) mass is 604 g/mol. The molecule has 2 aromatic carbocycles. The van der Waals surface area contributed by atoms with E-state index in [0.717, 1.165) is 54.1 Å². The number of sulfonamides is 1. The summed E-state index contributed by atoms with van der Waals surface area (Å²) in [4.78, 5) is 26.7. The fourth-order valence-electron chi connectivity index (χ4n) is 5.58. The number of aryl methyl sites for hydroxylation is 2. The molecule has 0 aliphatic heterocycles. The van der Waals surface area contributed by atoms with Crippen molar-refractivity contribution in [3.63, 3.8) is 0 Å². The predicted molar refractivity (Wildman–Crippen MR) is 166 cm³/mol. The molecule has 12 heteroatoms. The molecule has 5 rings (SSSR count). The van der Waals surface area contributed by atoms with Crippen LogP contribution in [0.5, 0.6) is 5.88 Å². The van der Waals surface area contributed by atoms with Gasteiger partial charge in [0.25, 0.3) is 10.0 Å². The number of pyridine rings is 1. The van der Waals surface area contributed by atoms with Gasteiger partial charge in [0, 0.05) is 36.3 Å². The van der Waals surface area contributed by atoms with Crippen molar-refractivity contribution in [1.29, 1.82) is 0 Å². The fraction of sp³-hybridized carbons (Fsp3) is 0.355. The average Bonchev–Trinajstić information content (AvgIpc) is 3.00. The van der Waals surface area contributed by atoms with Gasteiger partial charge in [0.2, 0.25) is 11.8 Å². The second-order valence-corrected chi connectivity index (χ2v) is 12.4. The van der Waals surface area contributed by atoms with Crippen molar-refractivity contribution >= 4 is 38.8 Å². The first-order chi connectivity index (χ1) is 20.6. The molecular formula is C31H36N6O5S. The number of nitrogens with one attached hydrogen (secondary N) is 2. The number of nitrogens with zero attached hydrogens (tertiary/aromatic N) is 4. The Kier molecular flexibility index (Phi) is 8.67. The minimum Gasteiger partial charge on any atom is -0.480 e. The van der Waals surface area contributed by atoms with E-state index >= 15 is 0 Å². The number of methoxy groups -OCH3 is 1. The van der Waals surface area contributed by atoms with E-state index in [9.17, 15) is 18.3 Å². The Labute approximate surface area is 251 Å². The van der Waals surface area contributed by atoms with Crippen molar-refractivity contribution in [3.8, 4) is 17.0 Å². The summed E-state index contributed by atoms with van der Waals surface area (Å²) in [6, 6.07) is 14.4. The first-order valence-electron chi connectivity index (χ1n) is 14.3. The standard InChI is InChI=1S/C31H36N6O5S/c1-5-20-16-21(25-14-15-27(34-29(25)42-4)36-43(40,41)26-9-7-6-8-19(26)2)17-22-18-32-30(35-28(20)22)33-23-10-12-24(13-11-23)37(3)31(38)39/h6-9,14-18,23-24H,5,10-13H2,1-4H3,(H,34,36)(H,38,39)(H,32,33,35)/t23-,24-. The second-order valence-electron chi connectivity index (χ2n) is 10.8. The van der Waals surface area contributed by atoms with Gasteiger partial charge in [-0.1, -0.05) is 25.1 Å². The Balaban J connectivity index is 1.37. The van der Waals surface area contributed by atoms with E-state index in [2.05, 4.69) is 26.9 Å². The van der Waals surface area contributed by atoms with Gasteiger partial charge < -0.3 is 20.1 Å². The fourth-order valence-corrected chi connectivity index (χ4v) is 6.83. The molecule has 1 amide bonds. The van der Waals surface area contributed by atoms with Gasteiger partial charge in [-0.15, -0.1) is 0 Å². The van der Waals surface area contributed by atoms with Gasteiger partial charge in [-0.2, -0.15) is 4.98 Å². The molecule has 0 bridgehead atoms. The zero-order chi connectivity index (χ0) is 30.7. The first kappa shape index (κ1) is 30.0. The Bertz CT molecular complexity index is 1760. The minimum absolute atomic E-state index is 0.0342. The van der Waals surface area contributed by atoms with Gasteiger partial charge in [-0.25, -0.2) is 23.2 Å². The summed E-state index contributed by atoms with van der Waals surface area (Å²) in [5.74, 6) is 0.993. The molecule has 0 saturated heterocycles. The lowest BCUT2D eigenvalue weighted by Crippen LogP contribution is -2.41. The summed E-state index contributed by atoms with van der Waals surface area (Å²) >= 11 is 0. The second kappa shape index (κ2) is 12.4. The number of fused-ring (bicyclic) bond motifs is 1. The number of rotatable bonds is 9. The normalized spacial score (nSPS) is 16.9. The minimum atomic E-state index is -3.83. The molecule has 1 saturated carbocycles. The number of benzene rings is 2. The van der Waals surface area contributed by atoms with Crippen molar-refractivity contribution in [2.75, 3.05) is 24.2 Å². The number of hydrogen-bond donors (Lipinski definition) is 3. The number of carboxylic acid groups (broad SMARTS) is 1. The number of anilines is 2. The van der Waals surface area contributed by atoms with E-state index in [4.69, 9.17) is 9.72 Å². The first-order valence-corrected chi connectivity index (χ1v) is 15.7. The molecule has 1 aliphatic rings. The highest BCUT2D eigenvalue weighted by Crippen LogP contribution is 2.34. The van der Waals surface area contributed by atoms with Crippen LogP contribution in [0.15, 0.2) is 59.6 Å². The Morgan fingerprint density at radius 2 is 1.84 bits per heavy atom. The van der Waals surface area contributed by atoms with Crippen molar-refractivity contribution < 1.29 is 23.1 Å². The summed E-state index contributed by atoms with van der Waals surface area (Å²) in [7, 11) is -0.699. The lowest BCUT2D eigenvalue weighted by Gasteiger charge is -2.33. The quantitative estimate of drug-likeness (QED) is 0.219. The number of hydrogen-bond acceptors (Lipinski definition) is 8. The SMILES string of the molecule is CCc1cc(-c2ccc(NS(=O)(=O)c3ccccc3C)nc2OC)cc2cnc(N[C@H]3CC[C@H](N(C)C(=O)O)CC3)nc12. The molecule has 4 aromatic rings. The Hall–Kier alpha value is -4.45. The van der Waals surface area contributed by atoms with Crippen molar-refractivity contribution in [3.05, 3.63) is 65.9 Å². The molecule has 0 radical (unpaired) electrons. The molecule has 43 heavy (non-hydrogen) atoms. The lowest BCUT2D eigenvalue weighted by atomic mass is 9.90. The highest BCUT2D eigenvalue weighted by Gasteiger charge is 2.27. The van der Waals surface area contributed by atoms with Crippen LogP contribution in [0.3, 0.4) is 0 Å². The van der Waals surface area contributed by atoms with Crippen LogP contribution in [0.4, 0.5) is 16.6 Å². The van der Waals surface area contributed by atoms with Crippen LogP contribution in [0, 0.1) is 6.92 Å². The van der Waals surface area contributed by atoms with Crippen LogP contribution in [0.2, 0.25) is 0 Å². The lowest BCUT2D eigenvalue weighted by molar-refractivity contribution is 0.125. The van der Waals surface area contributed by atoms with Crippen LogP contribution in [-0.2, 0) is 16.4 Å². The summed E-state index contributed by atoms with van der Waals surface area (Å²) in [5.41, 5.74) is 4.07. The molecule has 0 spiro atoms. The van der Waals surface area contributed by atoms with E-state index in [1.165, 1.54) is 12.0 Å². The maximum atomic E-state index is 13.0. The predicted octanol–water partition coefficient (Wildman–Crippen LogP) is 5.70. The molecule has 11 nitrogen and oxygen atoms in total. The maximum absolute atomic E-state index is 13.0. The molecular weight excluding hydrogens is 568 g/mol. The molecule has 1 fully saturated rings. The van der Waals surface area contributed by atoms with Gasteiger partial charge in [-0.05, 0) is 86.1 Å². The van der Waals surface area contributed by atoms with Gasteiger partial charge in [0.1, 0.15) is 5.82 Å². The molecule has 2 aromatic heterocycles. The van der Waals surface area contributed by atoms with Crippen molar-refractivity contribution in [1.82, 2.24) is 19.9 Å². The van der Waals surface area contributed by atoms with Crippen LogP contribution in [0.1, 0.15) is 43.7 Å². The molecule has 226 valence electrons. The number of carbonyl (C=O) groups is 1. The Morgan fingerprint density at radius 3 is 2.51 bits per heavy atom. The summed E-state index contributed by atoms with van der Waals surface area (Å²) in [6.45, 7) is 3.81. The summed E-state index contributed by atoms with van der Waals surface area (Å²) in [5, 5.41) is 13.6. The third kappa shape index (κ3) is 6.48.